The molecule has 0 saturated heterocycles. The van der Waals surface area contributed by atoms with Gasteiger partial charge >= 0.3 is 0 Å². The fourth-order valence-corrected chi connectivity index (χ4v) is 2.92. The van der Waals surface area contributed by atoms with Gasteiger partial charge < -0.3 is 15.4 Å². The minimum absolute atomic E-state index is 0.0124. The van der Waals surface area contributed by atoms with Crippen molar-refractivity contribution in [2.45, 2.75) is 24.3 Å². The predicted molar refractivity (Wildman–Crippen MR) is 79.0 cm³/mol. The van der Waals surface area contributed by atoms with Crippen LogP contribution in [-0.2, 0) is 19.6 Å². The molecule has 0 radical (unpaired) electrons. The van der Waals surface area contributed by atoms with E-state index in [4.69, 9.17) is 4.74 Å². The van der Waals surface area contributed by atoms with Crippen LogP contribution in [0, 0.1) is 0 Å². The van der Waals surface area contributed by atoms with Gasteiger partial charge in [0, 0.05) is 20.0 Å². The van der Waals surface area contributed by atoms with Crippen molar-refractivity contribution in [2.75, 3.05) is 18.9 Å². The topological polar surface area (TPSA) is 114 Å². The molecule has 1 aromatic rings. The summed E-state index contributed by atoms with van der Waals surface area (Å²) in [6, 6.07) is 4.19. The van der Waals surface area contributed by atoms with Crippen molar-refractivity contribution < 1.29 is 22.7 Å². The lowest BCUT2D eigenvalue weighted by Crippen LogP contribution is -2.34. The van der Waals surface area contributed by atoms with E-state index >= 15 is 0 Å². The fraction of sp³-hybridized carbons (Fsp3) is 0.385. The minimum Gasteiger partial charge on any atom is -0.479 e. The second kappa shape index (κ2) is 6.32. The number of amides is 2. The lowest BCUT2D eigenvalue weighted by Gasteiger charge is -2.23. The molecule has 1 aromatic carbocycles. The number of sulfonamides is 1. The average Bonchev–Trinajstić information content (AvgIpc) is 2.47. The molecular formula is C13H17N3O5S. The molecule has 0 saturated carbocycles. The van der Waals surface area contributed by atoms with E-state index in [-0.39, 0.29) is 29.7 Å². The van der Waals surface area contributed by atoms with Crippen LogP contribution in [0.25, 0.3) is 0 Å². The monoisotopic (exact) mass is 327 g/mol. The molecule has 0 unspecified atom stereocenters. The summed E-state index contributed by atoms with van der Waals surface area (Å²) in [5.41, 5.74) is 0.303. The zero-order chi connectivity index (χ0) is 16.3. The van der Waals surface area contributed by atoms with Gasteiger partial charge in [0.1, 0.15) is 5.75 Å². The number of carbonyl (C=O) groups excluding carboxylic acids is 2. The molecule has 2 rings (SSSR count). The smallest absolute Gasteiger partial charge is 0.265 e. The summed E-state index contributed by atoms with van der Waals surface area (Å²) in [6.07, 6.45) is -0.585. The third-order valence-electron chi connectivity index (χ3n) is 3.12. The number of carbonyl (C=O) groups is 2. The highest BCUT2D eigenvalue weighted by molar-refractivity contribution is 7.89. The molecule has 3 N–H and O–H groups in total. The van der Waals surface area contributed by atoms with E-state index in [2.05, 4.69) is 15.4 Å². The van der Waals surface area contributed by atoms with Gasteiger partial charge in [0.15, 0.2) is 6.10 Å². The van der Waals surface area contributed by atoms with Crippen LogP contribution < -0.4 is 20.1 Å². The molecule has 1 atom stereocenters. The number of rotatable bonds is 5. The molecule has 0 spiro atoms. The van der Waals surface area contributed by atoms with Gasteiger partial charge in [0.2, 0.25) is 15.9 Å². The first-order valence-electron chi connectivity index (χ1n) is 6.65. The Morgan fingerprint density at radius 3 is 2.82 bits per heavy atom. The maximum atomic E-state index is 12.1. The van der Waals surface area contributed by atoms with Crippen molar-refractivity contribution in [1.29, 1.82) is 0 Å². The molecule has 1 heterocycles. The molecule has 22 heavy (non-hydrogen) atoms. The van der Waals surface area contributed by atoms with Crippen molar-refractivity contribution in [3.05, 3.63) is 18.2 Å². The Bertz CT molecular complexity index is 702. The first-order valence-corrected chi connectivity index (χ1v) is 8.13. The van der Waals surface area contributed by atoms with E-state index in [1.54, 1.807) is 6.92 Å². The number of benzene rings is 1. The highest BCUT2D eigenvalue weighted by atomic mass is 32.2. The molecule has 1 aliphatic rings. The van der Waals surface area contributed by atoms with Gasteiger partial charge in [-0.1, -0.05) is 0 Å². The van der Waals surface area contributed by atoms with Crippen molar-refractivity contribution in [2.24, 2.45) is 0 Å². The van der Waals surface area contributed by atoms with Gasteiger partial charge in [0.05, 0.1) is 10.6 Å². The van der Waals surface area contributed by atoms with Gasteiger partial charge in [0.25, 0.3) is 5.91 Å². The van der Waals surface area contributed by atoms with Crippen LogP contribution in [0.3, 0.4) is 0 Å². The maximum absolute atomic E-state index is 12.1. The highest BCUT2D eigenvalue weighted by Gasteiger charge is 2.25. The SMILES string of the molecule is CNC(=O)CCNS(=O)(=O)c1ccc2c(c1)NC(=O)[C@@H](C)O2. The lowest BCUT2D eigenvalue weighted by molar-refractivity contribution is -0.123. The molecule has 1 aliphatic heterocycles. The van der Waals surface area contributed by atoms with Gasteiger partial charge in [-0.15, -0.1) is 0 Å². The second-order valence-electron chi connectivity index (χ2n) is 4.73. The van der Waals surface area contributed by atoms with Crippen LogP contribution in [0.4, 0.5) is 5.69 Å². The Hall–Kier alpha value is -2.13. The summed E-state index contributed by atoms with van der Waals surface area (Å²) in [5.74, 6) is -0.186. The molecule has 2 amide bonds. The summed E-state index contributed by atoms with van der Waals surface area (Å²) in [4.78, 5) is 22.6. The van der Waals surface area contributed by atoms with Crippen molar-refractivity contribution in [3.8, 4) is 5.75 Å². The number of fused-ring (bicyclic) bond motifs is 1. The van der Waals surface area contributed by atoms with E-state index < -0.39 is 16.1 Å². The number of hydrogen-bond acceptors (Lipinski definition) is 5. The van der Waals surface area contributed by atoms with E-state index in [1.165, 1.54) is 25.2 Å². The Labute approximate surface area is 128 Å². The van der Waals surface area contributed by atoms with Crippen molar-refractivity contribution in [1.82, 2.24) is 10.0 Å². The summed E-state index contributed by atoms with van der Waals surface area (Å²) in [6.45, 7) is 1.59. The van der Waals surface area contributed by atoms with Gasteiger partial charge in [-0.3, -0.25) is 9.59 Å². The third kappa shape index (κ3) is 3.55. The number of nitrogens with one attached hydrogen (secondary N) is 3. The summed E-state index contributed by atoms with van der Waals surface area (Å²) in [7, 11) is -2.29. The van der Waals surface area contributed by atoms with E-state index in [9.17, 15) is 18.0 Å². The first kappa shape index (κ1) is 16.2. The standard InChI is InChI=1S/C13H17N3O5S/c1-8-13(18)16-10-7-9(3-4-11(10)21-8)22(19,20)15-6-5-12(17)14-2/h3-4,7-8,15H,5-6H2,1-2H3,(H,14,17)(H,16,18)/t8-/m1/s1. The number of hydrogen-bond donors (Lipinski definition) is 3. The highest BCUT2D eigenvalue weighted by Crippen LogP contribution is 2.31. The van der Waals surface area contributed by atoms with Crippen LogP contribution in [0.15, 0.2) is 23.1 Å². The van der Waals surface area contributed by atoms with Crippen LogP contribution in [0.2, 0.25) is 0 Å². The Kier molecular flexibility index (Phi) is 4.67. The van der Waals surface area contributed by atoms with Crippen LogP contribution in [0.5, 0.6) is 5.75 Å². The van der Waals surface area contributed by atoms with Crippen molar-refractivity contribution >= 4 is 27.5 Å². The molecule has 0 aromatic heterocycles. The van der Waals surface area contributed by atoms with Crippen LogP contribution in [-0.4, -0.2) is 39.9 Å². The van der Waals surface area contributed by atoms with E-state index in [0.717, 1.165) is 0 Å². The molecular weight excluding hydrogens is 310 g/mol. The van der Waals surface area contributed by atoms with Gasteiger partial charge in [-0.25, -0.2) is 13.1 Å². The molecule has 0 fully saturated rings. The quantitative estimate of drug-likeness (QED) is 0.694. The normalized spacial score (nSPS) is 17.2. The minimum atomic E-state index is -3.77. The predicted octanol–water partition coefficient (Wildman–Crippen LogP) is -0.180. The molecule has 9 heteroatoms. The summed E-state index contributed by atoms with van der Waals surface area (Å²) >= 11 is 0. The number of ether oxygens (including phenoxy) is 1. The summed E-state index contributed by atoms with van der Waals surface area (Å²) < 4.78 is 32.0. The first-order chi connectivity index (χ1) is 10.3. The second-order valence-corrected chi connectivity index (χ2v) is 6.50. The Morgan fingerprint density at radius 2 is 2.14 bits per heavy atom. The van der Waals surface area contributed by atoms with E-state index in [0.29, 0.717) is 11.4 Å². The molecule has 0 aliphatic carbocycles. The third-order valence-corrected chi connectivity index (χ3v) is 4.57. The molecule has 120 valence electrons. The van der Waals surface area contributed by atoms with Gasteiger partial charge in [-0.2, -0.15) is 0 Å². The lowest BCUT2D eigenvalue weighted by atomic mass is 10.2. The number of anilines is 1. The maximum Gasteiger partial charge on any atom is 0.265 e. The van der Waals surface area contributed by atoms with Gasteiger partial charge in [-0.05, 0) is 25.1 Å². The largest absolute Gasteiger partial charge is 0.479 e. The molecule has 8 nitrogen and oxygen atoms in total. The zero-order valence-electron chi connectivity index (χ0n) is 12.2. The zero-order valence-corrected chi connectivity index (χ0v) is 13.0. The van der Waals surface area contributed by atoms with E-state index in [1.807, 2.05) is 0 Å². The fourth-order valence-electron chi connectivity index (χ4n) is 1.86. The van der Waals surface area contributed by atoms with Crippen LogP contribution >= 0.6 is 0 Å². The average molecular weight is 327 g/mol. The Balaban J connectivity index is 2.14. The summed E-state index contributed by atoms with van der Waals surface area (Å²) in [5, 5.41) is 4.99. The van der Waals surface area contributed by atoms with Crippen LogP contribution in [0.1, 0.15) is 13.3 Å². The molecule has 0 bridgehead atoms. The van der Waals surface area contributed by atoms with Crippen molar-refractivity contribution in [3.63, 3.8) is 0 Å². The Morgan fingerprint density at radius 1 is 1.41 bits per heavy atom.